The highest BCUT2D eigenvalue weighted by atomic mass is 16.5. The van der Waals surface area contributed by atoms with Gasteiger partial charge in [-0.25, -0.2) is 4.79 Å². The molecular weight excluding hydrogens is 346 g/mol. The molecule has 7 nitrogen and oxygen atoms in total. The summed E-state index contributed by atoms with van der Waals surface area (Å²) in [5, 5.41) is 5.65. The first-order chi connectivity index (χ1) is 13.1. The van der Waals surface area contributed by atoms with E-state index in [0.29, 0.717) is 30.3 Å². The first kappa shape index (κ1) is 17.4. The molecule has 0 spiro atoms. The third-order valence-corrected chi connectivity index (χ3v) is 4.84. The van der Waals surface area contributed by atoms with E-state index >= 15 is 0 Å². The number of carbonyl (C=O) groups excluding carboxylic acids is 2. The molecule has 2 aliphatic heterocycles. The van der Waals surface area contributed by atoms with Crippen LogP contribution in [0.15, 0.2) is 42.5 Å². The maximum Gasteiger partial charge on any atom is 0.319 e. The van der Waals surface area contributed by atoms with Crippen LogP contribution in [0.4, 0.5) is 16.2 Å². The van der Waals surface area contributed by atoms with Crippen LogP contribution in [-0.2, 0) is 16.0 Å². The summed E-state index contributed by atoms with van der Waals surface area (Å²) in [6.07, 6.45) is 0.740. The zero-order chi connectivity index (χ0) is 18.8. The van der Waals surface area contributed by atoms with Crippen molar-refractivity contribution in [2.24, 2.45) is 0 Å². The normalized spacial score (nSPS) is 18.2. The average Bonchev–Trinajstić information content (AvgIpc) is 2.69. The standard InChI is InChI=1S/C20H21N3O4/c1-23-16-10-14(6-7-17(16)27-12-19(23)24)22-20(25)21-11-18-15-5-3-2-4-13(15)8-9-26-18/h2-7,10,18H,8-9,11-12H2,1H3,(H2,21,22,25)/t18-/m1/s1. The number of nitrogens with zero attached hydrogens (tertiary/aromatic N) is 1. The van der Waals surface area contributed by atoms with Crippen LogP contribution in [0.1, 0.15) is 17.2 Å². The molecule has 0 aliphatic carbocycles. The number of carbonyl (C=O) groups is 2. The molecule has 140 valence electrons. The molecule has 7 heteroatoms. The van der Waals surface area contributed by atoms with Crippen LogP contribution in [0.25, 0.3) is 0 Å². The Morgan fingerprint density at radius 1 is 1.26 bits per heavy atom. The van der Waals surface area contributed by atoms with E-state index in [2.05, 4.69) is 16.7 Å². The molecule has 3 amide bonds. The molecule has 2 aromatic carbocycles. The second-order valence-corrected chi connectivity index (χ2v) is 6.57. The van der Waals surface area contributed by atoms with Crippen LogP contribution < -0.4 is 20.3 Å². The fourth-order valence-electron chi connectivity index (χ4n) is 3.36. The van der Waals surface area contributed by atoms with E-state index < -0.39 is 0 Å². The summed E-state index contributed by atoms with van der Waals surface area (Å²) in [5.74, 6) is 0.493. The van der Waals surface area contributed by atoms with Crippen molar-refractivity contribution in [2.45, 2.75) is 12.5 Å². The van der Waals surface area contributed by atoms with Gasteiger partial charge < -0.3 is 25.0 Å². The fourth-order valence-corrected chi connectivity index (χ4v) is 3.36. The highest BCUT2D eigenvalue weighted by Crippen LogP contribution is 2.33. The lowest BCUT2D eigenvalue weighted by Crippen LogP contribution is -2.36. The molecule has 2 heterocycles. The quantitative estimate of drug-likeness (QED) is 0.873. The van der Waals surface area contributed by atoms with Crippen LogP contribution in [0.5, 0.6) is 5.75 Å². The summed E-state index contributed by atoms with van der Waals surface area (Å²) in [6.45, 7) is 1.06. The number of anilines is 2. The summed E-state index contributed by atoms with van der Waals surface area (Å²) in [4.78, 5) is 25.6. The first-order valence-electron chi connectivity index (χ1n) is 8.89. The molecule has 0 bridgehead atoms. The lowest BCUT2D eigenvalue weighted by atomic mass is 9.98. The Morgan fingerprint density at radius 2 is 2.11 bits per heavy atom. The highest BCUT2D eigenvalue weighted by molar-refractivity contribution is 5.99. The second-order valence-electron chi connectivity index (χ2n) is 6.57. The van der Waals surface area contributed by atoms with Gasteiger partial charge in [0.05, 0.1) is 12.3 Å². The van der Waals surface area contributed by atoms with Crippen molar-refractivity contribution >= 4 is 23.3 Å². The van der Waals surface area contributed by atoms with Gasteiger partial charge in [0.1, 0.15) is 11.9 Å². The van der Waals surface area contributed by atoms with E-state index in [1.807, 2.05) is 18.2 Å². The topological polar surface area (TPSA) is 79.9 Å². The highest BCUT2D eigenvalue weighted by Gasteiger charge is 2.23. The number of fused-ring (bicyclic) bond motifs is 2. The van der Waals surface area contributed by atoms with E-state index in [9.17, 15) is 9.59 Å². The number of benzene rings is 2. The molecule has 0 saturated heterocycles. The summed E-state index contributed by atoms with van der Waals surface area (Å²) in [6, 6.07) is 13.0. The van der Waals surface area contributed by atoms with Crippen LogP contribution in [-0.4, -0.2) is 38.7 Å². The van der Waals surface area contributed by atoms with Crippen molar-refractivity contribution in [1.29, 1.82) is 0 Å². The van der Waals surface area contributed by atoms with Gasteiger partial charge in [0.15, 0.2) is 6.61 Å². The number of nitrogens with one attached hydrogen (secondary N) is 2. The monoisotopic (exact) mass is 367 g/mol. The third kappa shape index (κ3) is 3.59. The Kier molecular flexibility index (Phi) is 4.68. The SMILES string of the molecule is CN1C(=O)COc2ccc(NC(=O)NC[C@H]3OCCc4ccccc43)cc21. The van der Waals surface area contributed by atoms with E-state index in [4.69, 9.17) is 9.47 Å². The number of urea groups is 1. The Balaban J connectivity index is 1.39. The maximum absolute atomic E-state index is 12.3. The summed E-state index contributed by atoms with van der Waals surface area (Å²) >= 11 is 0. The number of rotatable bonds is 3. The molecule has 27 heavy (non-hydrogen) atoms. The lowest BCUT2D eigenvalue weighted by molar-refractivity contribution is -0.120. The van der Waals surface area contributed by atoms with Gasteiger partial charge in [0.2, 0.25) is 0 Å². The number of hydrogen-bond acceptors (Lipinski definition) is 4. The van der Waals surface area contributed by atoms with E-state index in [0.717, 1.165) is 12.0 Å². The van der Waals surface area contributed by atoms with Gasteiger partial charge in [0, 0.05) is 19.3 Å². The van der Waals surface area contributed by atoms with E-state index in [1.54, 1.807) is 25.2 Å². The maximum atomic E-state index is 12.3. The zero-order valence-corrected chi connectivity index (χ0v) is 15.0. The minimum absolute atomic E-state index is 0.0274. The van der Waals surface area contributed by atoms with Crippen LogP contribution in [0.3, 0.4) is 0 Å². The molecule has 0 unspecified atom stereocenters. The predicted molar refractivity (Wildman–Crippen MR) is 101 cm³/mol. The van der Waals surface area contributed by atoms with Crippen molar-refractivity contribution in [3.8, 4) is 5.75 Å². The molecule has 1 atom stereocenters. The summed E-state index contributed by atoms with van der Waals surface area (Å²) in [5.41, 5.74) is 3.60. The van der Waals surface area contributed by atoms with Gasteiger partial charge in [-0.3, -0.25) is 4.79 Å². The smallest absolute Gasteiger partial charge is 0.319 e. The van der Waals surface area contributed by atoms with Gasteiger partial charge in [-0.15, -0.1) is 0 Å². The Morgan fingerprint density at radius 3 is 3.00 bits per heavy atom. The Bertz CT molecular complexity index is 883. The van der Waals surface area contributed by atoms with Crippen molar-refractivity contribution in [3.63, 3.8) is 0 Å². The van der Waals surface area contributed by atoms with Crippen LogP contribution in [0.2, 0.25) is 0 Å². The van der Waals surface area contributed by atoms with Gasteiger partial charge >= 0.3 is 6.03 Å². The minimum Gasteiger partial charge on any atom is -0.482 e. The molecular formula is C20H21N3O4. The predicted octanol–water partition coefficient (Wildman–Crippen LogP) is 2.48. The fraction of sp³-hybridized carbons (Fsp3) is 0.300. The number of amides is 3. The van der Waals surface area contributed by atoms with Gasteiger partial charge in [-0.1, -0.05) is 24.3 Å². The third-order valence-electron chi connectivity index (χ3n) is 4.84. The van der Waals surface area contributed by atoms with Crippen LogP contribution in [0, 0.1) is 0 Å². The summed E-state index contributed by atoms with van der Waals surface area (Å²) in [7, 11) is 1.69. The van der Waals surface area contributed by atoms with Crippen LogP contribution >= 0.6 is 0 Å². The number of likely N-dealkylation sites (N-methyl/N-ethyl adjacent to an activating group) is 1. The van der Waals surface area contributed by atoms with Crippen molar-refractivity contribution in [1.82, 2.24) is 5.32 Å². The molecule has 0 saturated carbocycles. The number of hydrogen-bond donors (Lipinski definition) is 2. The second kappa shape index (κ2) is 7.28. The lowest BCUT2D eigenvalue weighted by Gasteiger charge is -2.27. The van der Waals surface area contributed by atoms with Crippen molar-refractivity contribution in [2.75, 3.05) is 37.0 Å². The van der Waals surface area contributed by atoms with Gasteiger partial charge in [0.25, 0.3) is 5.91 Å². The van der Waals surface area contributed by atoms with E-state index in [1.165, 1.54) is 10.5 Å². The van der Waals surface area contributed by atoms with Gasteiger partial charge in [-0.2, -0.15) is 0 Å². The number of ether oxygens (including phenoxy) is 2. The van der Waals surface area contributed by atoms with Gasteiger partial charge in [-0.05, 0) is 35.7 Å². The Hall–Kier alpha value is -3.06. The summed E-state index contributed by atoms with van der Waals surface area (Å²) < 4.78 is 11.2. The van der Waals surface area contributed by atoms with Crippen molar-refractivity contribution < 1.29 is 19.1 Å². The molecule has 4 rings (SSSR count). The zero-order valence-electron chi connectivity index (χ0n) is 15.0. The van der Waals surface area contributed by atoms with Crippen molar-refractivity contribution in [3.05, 3.63) is 53.6 Å². The largest absolute Gasteiger partial charge is 0.482 e. The first-order valence-corrected chi connectivity index (χ1v) is 8.89. The average molecular weight is 367 g/mol. The Labute approximate surface area is 157 Å². The molecule has 0 aromatic heterocycles. The molecule has 0 fully saturated rings. The van der Waals surface area contributed by atoms with E-state index in [-0.39, 0.29) is 24.6 Å². The molecule has 2 aliphatic rings. The molecule has 2 aromatic rings. The molecule has 0 radical (unpaired) electrons. The molecule has 2 N–H and O–H groups in total. The minimum atomic E-state index is -0.327.